The molecule has 60 heavy (non-hydrogen) atoms. The number of fused-ring (bicyclic) bond motifs is 11. The van der Waals surface area contributed by atoms with Gasteiger partial charge in [-0.05, 0) is 115 Å². The quantitative estimate of drug-likeness (QED) is 0.153. The lowest BCUT2D eigenvalue weighted by molar-refractivity contribution is 1.18. The first kappa shape index (κ1) is 34.1. The van der Waals surface area contributed by atoms with Crippen LogP contribution in [0.25, 0.3) is 92.8 Å². The van der Waals surface area contributed by atoms with Crippen molar-refractivity contribution in [3.05, 3.63) is 231 Å². The van der Waals surface area contributed by atoms with Crippen molar-refractivity contribution in [1.29, 1.82) is 0 Å². The van der Waals surface area contributed by atoms with Crippen molar-refractivity contribution in [3.63, 3.8) is 0 Å². The van der Waals surface area contributed by atoms with Gasteiger partial charge in [0.25, 0.3) is 0 Å². The lowest BCUT2D eigenvalue weighted by Crippen LogP contribution is -2.10. The van der Waals surface area contributed by atoms with Gasteiger partial charge in [0.15, 0.2) is 0 Å². The second kappa shape index (κ2) is 13.9. The Kier molecular flexibility index (Phi) is 7.89. The molecule has 0 unspecified atom stereocenters. The number of aromatic nitrogens is 1. The standard InChI is InChI=1S/C58H38N2/c1-2-12-39(13-3-1)41-24-29-46(30-25-41)59(47-31-26-42(27-32-47)45-23-22-40-14-4-5-16-44(40)38-45)48-33-35-49(36-34-48)60-55-21-11-10-20-54(55)57-56-50-17-7-6-15-43(50)28-37-52(56)51-18-8-9-19-53(51)58(57)60/h1-38H. The smallest absolute Gasteiger partial charge is 0.0626 e. The molecule has 0 radical (unpaired) electrons. The highest BCUT2D eigenvalue weighted by Crippen LogP contribution is 2.45. The summed E-state index contributed by atoms with van der Waals surface area (Å²) >= 11 is 0. The number of benzene rings is 11. The lowest BCUT2D eigenvalue weighted by Gasteiger charge is -2.26. The zero-order valence-electron chi connectivity index (χ0n) is 32.8. The number of para-hydroxylation sites is 1. The third kappa shape index (κ3) is 5.50. The summed E-state index contributed by atoms with van der Waals surface area (Å²) in [4.78, 5) is 2.36. The van der Waals surface area contributed by atoms with E-state index in [0.29, 0.717) is 0 Å². The third-order valence-electron chi connectivity index (χ3n) is 12.3. The van der Waals surface area contributed by atoms with Gasteiger partial charge in [0.1, 0.15) is 0 Å². The van der Waals surface area contributed by atoms with E-state index in [4.69, 9.17) is 0 Å². The highest BCUT2D eigenvalue weighted by molar-refractivity contribution is 6.36. The Morgan fingerprint density at radius 1 is 0.283 bits per heavy atom. The SMILES string of the molecule is c1ccc(-c2ccc(N(c3ccc(-c4ccc5ccccc5c4)cc3)c3ccc(-n4c5ccccc5c5c6c7ccccc7ccc6c6ccccc6c54)cc3)cc2)cc1. The highest BCUT2D eigenvalue weighted by Gasteiger charge is 2.21. The summed E-state index contributed by atoms with van der Waals surface area (Å²) in [6, 6.07) is 84.1. The maximum absolute atomic E-state index is 2.48. The molecule has 11 aromatic carbocycles. The number of nitrogens with zero attached hydrogens (tertiary/aromatic N) is 2. The number of anilines is 3. The fourth-order valence-corrected chi connectivity index (χ4v) is 9.51. The lowest BCUT2D eigenvalue weighted by atomic mass is 9.93. The van der Waals surface area contributed by atoms with Gasteiger partial charge in [-0.3, -0.25) is 0 Å². The molecule has 0 aliphatic rings. The van der Waals surface area contributed by atoms with E-state index >= 15 is 0 Å². The van der Waals surface area contributed by atoms with Crippen LogP contribution in [-0.2, 0) is 0 Å². The number of hydrogen-bond acceptors (Lipinski definition) is 1. The van der Waals surface area contributed by atoms with Crippen LogP contribution in [0.15, 0.2) is 231 Å². The molecule has 280 valence electrons. The zero-order chi connectivity index (χ0) is 39.6. The Balaban J connectivity index is 1.02. The summed E-state index contributed by atoms with van der Waals surface area (Å²) in [5.74, 6) is 0. The molecule has 1 aromatic heterocycles. The van der Waals surface area contributed by atoms with E-state index in [1.807, 2.05) is 0 Å². The van der Waals surface area contributed by atoms with Crippen molar-refractivity contribution < 1.29 is 0 Å². The van der Waals surface area contributed by atoms with Gasteiger partial charge in [0.2, 0.25) is 0 Å². The molecule has 2 heteroatoms. The van der Waals surface area contributed by atoms with E-state index < -0.39 is 0 Å². The number of hydrogen-bond donors (Lipinski definition) is 0. The van der Waals surface area contributed by atoms with E-state index in [1.54, 1.807) is 0 Å². The van der Waals surface area contributed by atoms with Crippen molar-refractivity contribution in [3.8, 4) is 27.9 Å². The minimum absolute atomic E-state index is 1.09. The molecule has 0 bridgehead atoms. The minimum atomic E-state index is 1.09. The molecule has 0 aliphatic heterocycles. The van der Waals surface area contributed by atoms with Crippen molar-refractivity contribution in [2.75, 3.05) is 4.90 Å². The second-order valence-electron chi connectivity index (χ2n) is 15.7. The van der Waals surface area contributed by atoms with Gasteiger partial charge in [-0.15, -0.1) is 0 Å². The van der Waals surface area contributed by atoms with Crippen molar-refractivity contribution in [1.82, 2.24) is 4.57 Å². The van der Waals surface area contributed by atoms with Crippen LogP contribution in [0.1, 0.15) is 0 Å². The fourth-order valence-electron chi connectivity index (χ4n) is 9.51. The summed E-state index contributed by atoms with van der Waals surface area (Å²) in [6.07, 6.45) is 0. The monoisotopic (exact) mass is 762 g/mol. The van der Waals surface area contributed by atoms with E-state index in [0.717, 1.165) is 22.7 Å². The Labute approximate surface area is 348 Å². The van der Waals surface area contributed by atoms with Crippen molar-refractivity contribution >= 4 is 82.0 Å². The minimum Gasteiger partial charge on any atom is -0.311 e. The van der Waals surface area contributed by atoms with Gasteiger partial charge in [0, 0.05) is 44.3 Å². The van der Waals surface area contributed by atoms with Crippen LogP contribution in [-0.4, -0.2) is 4.57 Å². The fraction of sp³-hybridized carbons (Fsp3) is 0. The van der Waals surface area contributed by atoms with Crippen molar-refractivity contribution in [2.24, 2.45) is 0 Å². The number of rotatable bonds is 6. The molecule has 0 saturated heterocycles. The van der Waals surface area contributed by atoms with E-state index in [-0.39, 0.29) is 0 Å². The van der Waals surface area contributed by atoms with Crippen LogP contribution >= 0.6 is 0 Å². The average molecular weight is 763 g/mol. The first-order chi connectivity index (χ1) is 29.8. The Hall–Kier alpha value is -7.94. The van der Waals surface area contributed by atoms with Gasteiger partial charge in [-0.2, -0.15) is 0 Å². The molecule has 0 saturated carbocycles. The predicted molar refractivity (Wildman–Crippen MR) is 256 cm³/mol. The predicted octanol–water partition coefficient (Wildman–Crippen LogP) is 16.2. The van der Waals surface area contributed by atoms with Crippen LogP contribution in [0, 0.1) is 0 Å². The van der Waals surface area contributed by atoms with Crippen LogP contribution in [0.3, 0.4) is 0 Å². The molecular formula is C58H38N2. The van der Waals surface area contributed by atoms with Gasteiger partial charge in [-0.25, -0.2) is 0 Å². The van der Waals surface area contributed by atoms with E-state index in [9.17, 15) is 0 Å². The maximum Gasteiger partial charge on any atom is 0.0626 e. The van der Waals surface area contributed by atoms with Crippen LogP contribution in [0.5, 0.6) is 0 Å². The molecule has 12 rings (SSSR count). The molecular weight excluding hydrogens is 725 g/mol. The average Bonchev–Trinajstić information content (AvgIpc) is 3.68. The summed E-state index contributed by atoms with van der Waals surface area (Å²) in [7, 11) is 0. The molecule has 0 aliphatic carbocycles. The molecule has 0 fully saturated rings. The zero-order valence-corrected chi connectivity index (χ0v) is 32.8. The largest absolute Gasteiger partial charge is 0.311 e. The molecule has 1 heterocycles. The highest BCUT2D eigenvalue weighted by atomic mass is 15.1. The Bertz CT molecular complexity index is 3560. The summed E-state index contributed by atoms with van der Waals surface area (Å²) in [5, 5.41) is 12.7. The molecule has 12 aromatic rings. The second-order valence-corrected chi connectivity index (χ2v) is 15.7. The molecule has 0 amide bonds. The summed E-state index contributed by atoms with van der Waals surface area (Å²) in [5.41, 5.74) is 11.7. The van der Waals surface area contributed by atoms with Crippen LogP contribution < -0.4 is 4.90 Å². The summed E-state index contributed by atoms with van der Waals surface area (Å²) < 4.78 is 2.48. The maximum atomic E-state index is 2.48. The molecule has 0 spiro atoms. The van der Waals surface area contributed by atoms with Crippen LogP contribution in [0.4, 0.5) is 17.1 Å². The molecule has 0 N–H and O–H groups in total. The first-order valence-corrected chi connectivity index (χ1v) is 20.7. The topological polar surface area (TPSA) is 8.17 Å². The third-order valence-corrected chi connectivity index (χ3v) is 12.3. The summed E-state index contributed by atoms with van der Waals surface area (Å²) in [6.45, 7) is 0. The van der Waals surface area contributed by atoms with Gasteiger partial charge >= 0.3 is 0 Å². The van der Waals surface area contributed by atoms with Gasteiger partial charge in [-0.1, -0.05) is 170 Å². The molecule has 0 atom stereocenters. The van der Waals surface area contributed by atoms with Gasteiger partial charge < -0.3 is 9.47 Å². The van der Waals surface area contributed by atoms with Crippen LogP contribution in [0.2, 0.25) is 0 Å². The normalized spacial score (nSPS) is 11.7. The van der Waals surface area contributed by atoms with E-state index in [1.165, 1.54) is 87.1 Å². The Morgan fingerprint density at radius 3 is 1.50 bits per heavy atom. The Morgan fingerprint density at radius 2 is 0.783 bits per heavy atom. The van der Waals surface area contributed by atoms with Crippen molar-refractivity contribution in [2.45, 2.75) is 0 Å². The first-order valence-electron chi connectivity index (χ1n) is 20.7. The van der Waals surface area contributed by atoms with Gasteiger partial charge in [0.05, 0.1) is 11.0 Å². The molecule has 2 nitrogen and oxygen atoms in total. The van der Waals surface area contributed by atoms with E-state index in [2.05, 4.69) is 240 Å².